The third-order valence-electron chi connectivity index (χ3n) is 3.08. The fourth-order valence-corrected chi connectivity index (χ4v) is 2.58. The Bertz CT molecular complexity index is 453. The van der Waals surface area contributed by atoms with Gasteiger partial charge in [0.1, 0.15) is 10.2 Å². The van der Waals surface area contributed by atoms with E-state index in [9.17, 15) is 4.79 Å². The van der Waals surface area contributed by atoms with Gasteiger partial charge in [-0.25, -0.2) is 4.79 Å². The van der Waals surface area contributed by atoms with Crippen molar-refractivity contribution in [1.29, 1.82) is 0 Å². The minimum absolute atomic E-state index is 0.226. The lowest BCUT2D eigenvalue weighted by Crippen LogP contribution is -2.42. The van der Waals surface area contributed by atoms with Crippen molar-refractivity contribution in [3.8, 4) is 0 Å². The molecule has 0 radical (unpaired) electrons. The van der Waals surface area contributed by atoms with Gasteiger partial charge in [0, 0.05) is 24.7 Å². The summed E-state index contributed by atoms with van der Waals surface area (Å²) < 4.78 is 6.22. The Labute approximate surface area is 121 Å². The van der Waals surface area contributed by atoms with Crippen LogP contribution in [0, 0.1) is 0 Å². The van der Waals surface area contributed by atoms with E-state index < -0.39 is 5.60 Å². The number of carbonyl (C=O) groups is 1. The standard InChI is InChI=1S/C13H20BrN3O2/c1-13(2,3)19-12(18)17-6-4-5-9(8-17)10-7-11(14)16-15-10/h7,9H,4-6,8H2,1-3H3,(H,15,16)/t9-/m0/s1. The van der Waals surface area contributed by atoms with Gasteiger partial charge < -0.3 is 9.64 Å². The molecular formula is C13H20BrN3O2. The minimum atomic E-state index is -0.443. The highest BCUT2D eigenvalue weighted by molar-refractivity contribution is 9.10. The first-order chi connectivity index (χ1) is 8.85. The summed E-state index contributed by atoms with van der Waals surface area (Å²) in [7, 11) is 0. The second-order valence-electron chi connectivity index (χ2n) is 5.91. The van der Waals surface area contributed by atoms with Crippen LogP contribution in [0.25, 0.3) is 0 Å². The summed E-state index contributed by atoms with van der Waals surface area (Å²) in [6.07, 6.45) is 1.82. The number of amides is 1. The zero-order valence-corrected chi connectivity index (χ0v) is 13.2. The van der Waals surface area contributed by atoms with Crippen LogP contribution in [0.4, 0.5) is 4.79 Å². The van der Waals surface area contributed by atoms with Crippen molar-refractivity contribution < 1.29 is 9.53 Å². The number of ether oxygens (including phenoxy) is 1. The van der Waals surface area contributed by atoms with E-state index in [-0.39, 0.29) is 6.09 Å². The molecule has 2 rings (SSSR count). The van der Waals surface area contributed by atoms with Gasteiger partial charge in [-0.1, -0.05) is 0 Å². The molecule has 1 aromatic heterocycles. The van der Waals surface area contributed by atoms with Gasteiger partial charge in [0.2, 0.25) is 0 Å². The minimum Gasteiger partial charge on any atom is -0.444 e. The van der Waals surface area contributed by atoms with Gasteiger partial charge >= 0.3 is 6.09 Å². The molecule has 0 spiro atoms. The van der Waals surface area contributed by atoms with E-state index >= 15 is 0 Å². The number of nitrogens with one attached hydrogen (secondary N) is 1. The van der Waals surface area contributed by atoms with Gasteiger partial charge in [-0.15, -0.1) is 0 Å². The molecule has 106 valence electrons. The molecule has 1 aromatic rings. The van der Waals surface area contributed by atoms with Crippen LogP contribution in [0.15, 0.2) is 10.7 Å². The summed E-state index contributed by atoms with van der Waals surface area (Å²) in [6, 6.07) is 1.98. The van der Waals surface area contributed by atoms with Gasteiger partial charge in [-0.3, -0.25) is 5.10 Å². The van der Waals surface area contributed by atoms with Crippen molar-refractivity contribution >= 4 is 22.0 Å². The van der Waals surface area contributed by atoms with Crippen LogP contribution in [-0.2, 0) is 4.74 Å². The molecule has 0 aliphatic carbocycles. The first-order valence-electron chi connectivity index (χ1n) is 6.54. The van der Waals surface area contributed by atoms with Crippen molar-refractivity contribution in [3.63, 3.8) is 0 Å². The third kappa shape index (κ3) is 3.96. The average Bonchev–Trinajstić information content (AvgIpc) is 2.74. The fraction of sp³-hybridized carbons (Fsp3) is 0.692. The van der Waals surface area contributed by atoms with Crippen molar-refractivity contribution in [2.75, 3.05) is 13.1 Å². The Morgan fingerprint density at radius 1 is 1.58 bits per heavy atom. The first-order valence-corrected chi connectivity index (χ1v) is 7.33. The highest BCUT2D eigenvalue weighted by Crippen LogP contribution is 2.27. The number of hydrogen-bond acceptors (Lipinski definition) is 3. The largest absolute Gasteiger partial charge is 0.444 e. The Hall–Kier alpha value is -1.04. The number of likely N-dealkylation sites (tertiary alicyclic amines) is 1. The van der Waals surface area contributed by atoms with Gasteiger partial charge in [0.05, 0.1) is 0 Å². The number of aromatic amines is 1. The van der Waals surface area contributed by atoms with E-state index in [2.05, 4.69) is 26.1 Å². The van der Waals surface area contributed by atoms with Crippen LogP contribution in [0.3, 0.4) is 0 Å². The molecule has 1 amide bonds. The predicted molar refractivity (Wildman–Crippen MR) is 76.1 cm³/mol. The Balaban J connectivity index is 1.99. The third-order valence-corrected chi connectivity index (χ3v) is 3.49. The number of aromatic nitrogens is 2. The molecule has 1 fully saturated rings. The van der Waals surface area contributed by atoms with E-state index in [1.807, 2.05) is 26.8 Å². The van der Waals surface area contributed by atoms with Gasteiger partial charge in [-0.2, -0.15) is 5.10 Å². The summed E-state index contributed by atoms with van der Waals surface area (Å²) in [4.78, 5) is 13.9. The number of halogens is 1. The molecule has 1 aliphatic heterocycles. The molecule has 0 aromatic carbocycles. The lowest BCUT2D eigenvalue weighted by molar-refractivity contribution is 0.0197. The zero-order valence-electron chi connectivity index (χ0n) is 11.6. The molecule has 2 heterocycles. The number of carbonyl (C=O) groups excluding carboxylic acids is 1. The normalized spacial score (nSPS) is 20.4. The maximum absolute atomic E-state index is 12.1. The summed E-state index contributed by atoms with van der Waals surface area (Å²) >= 11 is 3.33. The summed E-state index contributed by atoms with van der Waals surface area (Å²) in [5.41, 5.74) is 0.626. The smallest absolute Gasteiger partial charge is 0.410 e. The second-order valence-corrected chi connectivity index (χ2v) is 6.72. The van der Waals surface area contributed by atoms with Crippen molar-refractivity contribution in [2.24, 2.45) is 0 Å². The van der Waals surface area contributed by atoms with Crippen molar-refractivity contribution in [1.82, 2.24) is 15.1 Å². The van der Waals surface area contributed by atoms with Gasteiger partial charge in [-0.05, 0) is 55.6 Å². The Kier molecular flexibility index (Phi) is 4.18. The lowest BCUT2D eigenvalue weighted by Gasteiger charge is -2.33. The van der Waals surface area contributed by atoms with E-state index in [4.69, 9.17) is 4.74 Å². The monoisotopic (exact) mass is 329 g/mol. The fourth-order valence-electron chi connectivity index (χ4n) is 2.24. The topological polar surface area (TPSA) is 58.2 Å². The molecule has 1 saturated heterocycles. The van der Waals surface area contributed by atoms with Crippen LogP contribution in [0.2, 0.25) is 0 Å². The van der Waals surface area contributed by atoms with E-state index in [1.54, 1.807) is 4.90 Å². The maximum atomic E-state index is 12.1. The van der Waals surface area contributed by atoms with Crippen LogP contribution in [-0.4, -0.2) is 39.9 Å². The molecule has 19 heavy (non-hydrogen) atoms. The van der Waals surface area contributed by atoms with Crippen LogP contribution in [0.5, 0.6) is 0 Å². The van der Waals surface area contributed by atoms with Gasteiger partial charge in [0.25, 0.3) is 0 Å². The lowest BCUT2D eigenvalue weighted by atomic mass is 9.95. The van der Waals surface area contributed by atoms with Crippen LogP contribution in [0.1, 0.15) is 45.2 Å². The van der Waals surface area contributed by atoms with Crippen LogP contribution < -0.4 is 0 Å². The molecule has 6 heteroatoms. The number of rotatable bonds is 1. The average molecular weight is 330 g/mol. The number of hydrogen-bond donors (Lipinski definition) is 1. The molecule has 0 saturated carbocycles. The highest BCUT2D eigenvalue weighted by atomic mass is 79.9. The number of piperidine rings is 1. The van der Waals surface area contributed by atoms with E-state index in [0.29, 0.717) is 12.5 Å². The molecule has 1 atom stereocenters. The molecular weight excluding hydrogens is 310 g/mol. The number of H-pyrrole nitrogens is 1. The second kappa shape index (κ2) is 5.53. The summed E-state index contributed by atoms with van der Waals surface area (Å²) in [6.45, 7) is 7.11. The molecule has 0 unspecified atom stereocenters. The molecule has 0 bridgehead atoms. The Morgan fingerprint density at radius 3 is 2.89 bits per heavy atom. The van der Waals surface area contributed by atoms with Crippen molar-refractivity contribution in [3.05, 3.63) is 16.4 Å². The SMILES string of the molecule is CC(C)(C)OC(=O)N1CCC[C@H](c2cc(Br)n[nH]2)C1. The van der Waals surface area contributed by atoms with Crippen molar-refractivity contribution in [2.45, 2.75) is 45.1 Å². The predicted octanol–water partition coefficient (Wildman–Crippen LogP) is 3.29. The van der Waals surface area contributed by atoms with Gasteiger partial charge in [0.15, 0.2) is 0 Å². The van der Waals surface area contributed by atoms with E-state index in [0.717, 1.165) is 29.7 Å². The zero-order chi connectivity index (χ0) is 14.0. The molecule has 1 N–H and O–H groups in total. The highest BCUT2D eigenvalue weighted by Gasteiger charge is 2.29. The quantitative estimate of drug-likeness (QED) is 0.860. The summed E-state index contributed by atoms with van der Waals surface area (Å²) in [5.74, 6) is 0.306. The van der Waals surface area contributed by atoms with Crippen LogP contribution >= 0.6 is 15.9 Å². The first kappa shape index (κ1) is 14.4. The van der Waals surface area contributed by atoms with E-state index in [1.165, 1.54) is 0 Å². The molecule has 1 aliphatic rings. The summed E-state index contributed by atoms with van der Waals surface area (Å²) in [5, 5.41) is 7.09. The Morgan fingerprint density at radius 2 is 2.32 bits per heavy atom. The maximum Gasteiger partial charge on any atom is 0.410 e. The number of nitrogens with zero attached hydrogens (tertiary/aromatic N) is 2. The molecule has 5 nitrogen and oxygen atoms in total.